The van der Waals surface area contributed by atoms with Crippen molar-refractivity contribution < 1.29 is 9.47 Å². The van der Waals surface area contributed by atoms with Crippen molar-refractivity contribution in [2.24, 2.45) is 4.99 Å². The van der Waals surface area contributed by atoms with Gasteiger partial charge in [0, 0.05) is 13.6 Å². The van der Waals surface area contributed by atoms with E-state index in [-0.39, 0.29) is 0 Å². The third-order valence-corrected chi connectivity index (χ3v) is 4.53. The third kappa shape index (κ3) is 3.35. The quantitative estimate of drug-likeness (QED) is 0.642. The fourth-order valence-corrected chi connectivity index (χ4v) is 3.39. The highest BCUT2D eigenvalue weighted by Crippen LogP contribution is 2.34. The SMILES string of the molecule is CN=C(NCCc1ccccc1OC)NC1CC2CCC1O2. The van der Waals surface area contributed by atoms with E-state index in [2.05, 4.69) is 21.7 Å². The van der Waals surface area contributed by atoms with E-state index in [1.54, 1.807) is 7.11 Å². The van der Waals surface area contributed by atoms with E-state index >= 15 is 0 Å². The molecule has 3 atom stereocenters. The highest BCUT2D eigenvalue weighted by molar-refractivity contribution is 5.80. The maximum absolute atomic E-state index is 5.87. The normalized spacial score (nSPS) is 27.0. The van der Waals surface area contributed by atoms with Gasteiger partial charge in [-0.3, -0.25) is 4.99 Å². The highest BCUT2D eigenvalue weighted by Gasteiger charge is 2.41. The highest BCUT2D eigenvalue weighted by atomic mass is 16.5. The van der Waals surface area contributed by atoms with E-state index in [0.717, 1.165) is 31.1 Å². The van der Waals surface area contributed by atoms with Gasteiger partial charge < -0.3 is 20.1 Å². The molecule has 0 aliphatic carbocycles. The number of guanidine groups is 1. The van der Waals surface area contributed by atoms with Gasteiger partial charge >= 0.3 is 0 Å². The Kier molecular flexibility index (Phi) is 4.83. The Labute approximate surface area is 132 Å². The Morgan fingerprint density at radius 2 is 2.23 bits per heavy atom. The Bertz CT molecular complexity index is 532. The fourth-order valence-electron chi connectivity index (χ4n) is 3.39. The van der Waals surface area contributed by atoms with Gasteiger partial charge in [-0.25, -0.2) is 0 Å². The van der Waals surface area contributed by atoms with Crippen molar-refractivity contribution in [3.8, 4) is 5.75 Å². The predicted octanol–water partition coefficient (Wildman–Crippen LogP) is 1.72. The van der Waals surface area contributed by atoms with Crippen LogP contribution in [0.15, 0.2) is 29.3 Å². The molecule has 1 aromatic rings. The molecular weight excluding hydrogens is 278 g/mol. The van der Waals surface area contributed by atoms with Gasteiger partial charge in [0.15, 0.2) is 5.96 Å². The van der Waals surface area contributed by atoms with Crippen molar-refractivity contribution in [1.29, 1.82) is 0 Å². The molecule has 5 heteroatoms. The zero-order valence-corrected chi connectivity index (χ0v) is 13.3. The lowest BCUT2D eigenvalue weighted by Gasteiger charge is -2.22. The van der Waals surface area contributed by atoms with Gasteiger partial charge in [0.2, 0.25) is 0 Å². The zero-order valence-electron chi connectivity index (χ0n) is 13.3. The van der Waals surface area contributed by atoms with Crippen LogP contribution in [0.5, 0.6) is 5.75 Å². The summed E-state index contributed by atoms with van der Waals surface area (Å²) >= 11 is 0. The Morgan fingerprint density at radius 1 is 1.36 bits per heavy atom. The molecule has 2 bridgehead atoms. The number of methoxy groups -OCH3 is 1. The molecule has 0 amide bonds. The molecule has 2 aliphatic rings. The summed E-state index contributed by atoms with van der Waals surface area (Å²) in [4.78, 5) is 4.32. The van der Waals surface area contributed by atoms with Crippen LogP contribution in [0.1, 0.15) is 24.8 Å². The van der Waals surface area contributed by atoms with Crippen LogP contribution >= 0.6 is 0 Å². The van der Waals surface area contributed by atoms with Crippen molar-refractivity contribution in [3.63, 3.8) is 0 Å². The fraction of sp³-hybridized carbons (Fsp3) is 0.588. The lowest BCUT2D eigenvalue weighted by Crippen LogP contribution is -2.47. The van der Waals surface area contributed by atoms with Gasteiger partial charge in [-0.2, -0.15) is 0 Å². The number of rotatable bonds is 5. The zero-order chi connectivity index (χ0) is 15.4. The number of fused-ring (bicyclic) bond motifs is 2. The summed E-state index contributed by atoms with van der Waals surface area (Å²) in [5.74, 6) is 1.80. The second-order valence-electron chi connectivity index (χ2n) is 5.92. The second kappa shape index (κ2) is 7.01. The van der Waals surface area contributed by atoms with Crippen molar-refractivity contribution in [2.45, 2.75) is 43.9 Å². The van der Waals surface area contributed by atoms with Gasteiger partial charge in [-0.1, -0.05) is 18.2 Å². The lowest BCUT2D eigenvalue weighted by atomic mass is 9.96. The molecule has 1 aromatic carbocycles. The minimum absolute atomic E-state index is 0.359. The molecule has 3 rings (SSSR count). The maximum Gasteiger partial charge on any atom is 0.191 e. The molecule has 2 saturated heterocycles. The van der Waals surface area contributed by atoms with Crippen LogP contribution in [-0.4, -0.2) is 44.9 Å². The number of nitrogens with zero attached hydrogens (tertiary/aromatic N) is 1. The minimum Gasteiger partial charge on any atom is -0.496 e. The largest absolute Gasteiger partial charge is 0.496 e. The number of hydrogen-bond donors (Lipinski definition) is 2. The van der Waals surface area contributed by atoms with Crippen LogP contribution in [0.3, 0.4) is 0 Å². The van der Waals surface area contributed by atoms with Crippen LogP contribution in [0, 0.1) is 0 Å². The summed E-state index contributed by atoms with van der Waals surface area (Å²) in [6.45, 7) is 0.821. The summed E-state index contributed by atoms with van der Waals surface area (Å²) in [5.41, 5.74) is 1.20. The van der Waals surface area contributed by atoms with Crippen LogP contribution in [0.25, 0.3) is 0 Å². The van der Waals surface area contributed by atoms with Gasteiger partial charge in [0.05, 0.1) is 25.4 Å². The number of para-hydroxylation sites is 1. The molecule has 120 valence electrons. The number of ether oxygens (including phenoxy) is 2. The summed E-state index contributed by atoms with van der Waals surface area (Å²) in [7, 11) is 3.52. The van der Waals surface area contributed by atoms with Gasteiger partial charge in [0.25, 0.3) is 0 Å². The average molecular weight is 303 g/mol. The molecule has 22 heavy (non-hydrogen) atoms. The number of benzene rings is 1. The third-order valence-electron chi connectivity index (χ3n) is 4.53. The molecule has 2 aliphatic heterocycles. The van der Waals surface area contributed by atoms with Crippen LogP contribution in [0.4, 0.5) is 0 Å². The van der Waals surface area contributed by atoms with Crippen molar-refractivity contribution >= 4 is 5.96 Å². The lowest BCUT2D eigenvalue weighted by molar-refractivity contribution is 0.0992. The van der Waals surface area contributed by atoms with Gasteiger partial charge in [-0.05, 0) is 37.3 Å². The van der Waals surface area contributed by atoms with Gasteiger partial charge in [-0.15, -0.1) is 0 Å². The average Bonchev–Trinajstić information content (AvgIpc) is 3.17. The standard InChI is InChI=1S/C17H25N3O2/c1-18-17(20-14-11-13-7-8-16(14)22-13)19-10-9-12-5-3-4-6-15(12)21-2/h3-6,13-14,16H,7-11H2,1-2H3,(H2,18,19,20). The number of nitrogens with one attached hydrogen (secondary N) is 2. The van der Waals surface area contributed by atoms with Crippen LogP contribution < -0.4 is 15.4 Å². The van der Waals surface area contributed by atoms with Crippen LogP contribution in [0.2, 0.25) is 0 Å². The van der Waals surface area contributed by atoms with E-state index in [9.17, 15) is 0 Å². The molecule has 2 heterocycles. The monoisotopic (exact) mass is 303 g/mol. The molecule has 3 unspecified atom stereocenters. The van der Waals surface area contributed by atoms with Crippen molar-refractivity contribution in [1.82, 2.24) is 10.6 Å². The molecule has 0 spiro atoms. The maximum atomic E-state index is 5.87. The summed E-state index contributed by atoms with van der Waals surface area (Å²) in [6, 6.07) is 8.52. The molecule has 5 nitrogen and oxygen atoms in total. The Morgan fingerprint density at radius 3 is 2.91 bits per heavy atom. The Hall–Kier alpha value is -1.75. The molecule has 2 N–H and O–H groups in total. The summed E-state index contributed by atoms with van der Waals surface area (Å²) in [5, 5.41) is 6.88. The molecule has 0 saturated carbocycles. The molecule has 0 radical (unpaired) electrons. The first-order valence-electron chi connectivity index (χ1n) is 8.04. The van der Waals surface area contributed by atoms with Crippen molar-refractivity contribution in [3.05, 3.63) is 29.8 Å². The van der Waals surface area contributed by atoms with E-state index in [4.69, 9.17) is 9.47 Å². The van der Waals surface area contributed by atoms with Gasteiger partial charge in [0.1, 0.15) is 5.75 Å². The first-order valence-corrected chi connectivity index (χ1v) is 8.04. The molecular formula is C17H25N3O2. The van der Waals surface area contributed by atoms with Crippen molar-refractivity contribution in [2.75, 3.05) is 20.7 Å². The second-order valence-corrected chi connectivity index (χ2v) is 5.92. The summed E-state index contributed by atoms with van der Waals surface area (Å²) in [6.07, 6.45) is 5.19. The topological polar surface area (TPSA) is 54.9 Å². The first-order chi connectivity index (χ1) is 10.8. The predicted molar refractivity (Wildman–Crippen MR) is 87.5 cm³/mol. The Balaban J connectivity index is 1.47. The van der Waals surface area contributed by atoms with E-state index in [0.29, 0.717) is 18.2 Å². The van der Waals surface area contributed by atoms with Crippen LogP contribution in [-0.2, 0) is 11.2 Å². The smallest absolute Gasteiger partial charge is 0.191 e. The minimum atomic E-state index is 0.359. The summed E-state index contributed by atoms with van der Waals surface area (Å²) < 4.78 is 11.3. The van der Waals surface area contributed by atoms with E-state index in [1.807, 2.05) is 25.2 Å². The molecule has 2 fully saturated rings. The molecule has 0 aromatic heterocycles. The van der Waals surface area contributed by atoms with E-state index < -0.39 is 0 Å². The van der Waals surface area contributed by atoms with E-state index in [1.165, 1.54) is 18.4 Å². The first kappa shape index (κ1) is 15.2. The number of aliphatic imine (C=N–C) groups is 1. The number of hydrogen-bond acceptors (Lipinski definition) is 3.